The van der Waals surface area contributed by atoms with Gasteiger partial charge in [-0.1, -0.05) is 24.3 Å². The van der Waals surface area contributed by atoms with Crippen LogP contribution in [0.25, 0.3) is 0 Å². The van der Waals surface area contributed by atoms with Gasteiger partial charge in [0.15, 0.2) is 0 Å². The van der Waals surface area contributed by atoms with Crippen molar-refractivity contribution >= 4 is 21.6 Å². The zero-order valence-electron chi connectivity index (χ0n) is 14.6. The third-order valence-corrected chi connectivity index (χ3v) is 5.62. The maximum atomic E-state index is 12.8. The molecule has 0 atom stereocenters. The van der Waals surface area contributed by atoms with Gasteiger partial charge in [0.25, 0.3) is 15.9 Å². The highest BCUT2D eigenvalue weighted by atomic mass is 32.2. The molecule has 0 saturated heterocycles. The van der Waals surface area contributed by atoms with Crippen molar-refractivity contribution in [3.8, 4) is 0 Å². The number of hydrogen-bond acceptors (Lipinski definition) is 4. The Morgan fingerprint density at radius 1 is 1.12 bits per heavy atom. The Kier molecular flexibility index (Phi) is 5.49. The number of para-hydroxylation sites is 1. The molecule has 0 unspecified atom stereocenters. The molecule has 0 fully saturated rings. The van der Waals surface area contributed by atoms with Crippen molar-refractivity contribution in [1.82, 2.24) is 5.32 Å². The molecule has 0 aliphatic rings. The molecule has 0 spiro atoms. The normalized spacial score (nSPS) is 11.8. The van der Waals surface area contributed by atoms with Gasteiger partial charge in [-0.15, -0.1) is 0 Å². The Labute approximate surface area is 148 Å². The number of amides is 1. The average molecular weight is 361 g/mol. The Balaban J connectivity index is 2.33. The van der Waals surface area contributed by atoms with Crippen molar-refractivity contribution in [2.75, 3.05) is 17.9 Å². The summed E-state index contributed by atoms with van der Waals surface area (Å²) < 4.78 is 26.8. The Morgan fingerprint density at radius 2 is 1.76 bits per heavy atom. The van der Waals surface area contributed by atoms with Crippen LogP contribution in [-0.4, -0.2) is 33.5 Å². The third kappa shape index (κ3) is 4.37. The highest BCUT2D eigenvalue weighted by Crippen LogP contribution is 2.22. The predicted octanol–water partition coefficient (Wildman–Crippen LogP) is 1.98. The molecular weight excluding hydrogens is 338 g/mol. The van der Waals surface area contributed by atoms with Gasteiger partial charge in [-0.05, 0) is 44.2 Å². The summed E-state index contributed by atoms with van der Waals surface area (Å²) in [4.78, 5) is 12.4. The minimum atomic E-state index is -3.77. The monoisotopic (exact) mass is 361 g/mol. The molecule has 0 aromatic heterocycles. The summed E-state index contributed by atoms with van der Waals surface area (Å²) in [6, 6.07) is 14.7. The summed E-state index contributed by atoms with van der Waals surface area (Å²) in [6.45, 7) is 3.87. The van der Waals surface area contributed by atoms with E-state index in [1.807, 2.05) is 6.07 Å². The zero-order valence-corrected chi connectivity index (χ0v) is 15.4. The standard InChI is InChI=1S/C18H23N3O3S/c1-18(2,13-19)20-17(22)14-8-7-11-16(12-14)25(23,24)21(3)15-9-5-4-6-10-15/h4-12H,13,19H2,1-3H3,(H,20,22). The Hall–Kier alpha value is -2.38. The molecule has 2 aromatic rings. The summed E-state index contributed by atoms with van der Waals surface area (Å²) in [6.07, 6.45) is 0. The summed E-state index contributed by atoms with van der Waals surface area (Å²) in [7, 11) is -2.29. The predicted molar refractivity (Wildman–Crippen MR) is 99.1 cm³/mol. The minimum Gasteiger partial charge on any atom is -0.346 e. The number of nitrogens with one attached hydrogen (secondary N) is 1. The number of carbonyl (C=O) groups is 1. The van der Waals surface area contributed by atoms with Crippen LogP contribution in [0.1, 0.15) is 24.2 Å². The first-order chi connectivity index (χ1) is 11.7. The first-order valence-electron chi connectivity index (χ1n) is 7.84. The quantitative estimate of drug-likeness (QED) is 0.823. The van der Waals surface area contributed by atoms with Crippen LogP contribution >= 0.6 is 0 Å². The molecule has 6 nitrogen and oxygen atoms in total. The topological polar surface area (TPSA) is 92.5 Å². The number of nitrogens with two attached hydrogens (primary N) is 1. The van der Waals surface area contributed by atoms with Crippen molar-refractivity contribution in [2.24, 2.45) is 5.73 Å². The average Bonchev–Trinajstić information content (AvgIpc) is 2.61. The second kappa shape index (κ2) is 7.25. The van der Waals surface area contributed by atoms with E-state index in [2.05, 4.69) is 5.32 Å². The number of hydrogen-bond donors (Lipinski definition) is 2. The molecular formula is C18H23N3O3S. The highest BCUT2D eigenvalue weighted by Gasteiger charge is 2.24. The van der Waals surface area contributed by atoms with Gasteiger partial charge in [-0.3, -0.25) is 9.10 Å². The zero-order chi connectivity index (χ0) is 18.7. The molecule has 1 amide bonds. The smallest absolute Gasteiger partial charge is 0.264 e. The fourth-order valence-electron chi connectivity index (χ4n) is 2.16. The Bertz CT molecular complexity index is 849. The van der Waals surface area contributed by atoms with Crippen molar-refractivity contribution in [3.63, 3.8) is 0 Å². The molecule has 0 radical (unpaired) electrons. The van der Waals surface area contributed by atoms with Crippen LogP contribution in [-0.2, 0) is 10.0 Å². The molecule has 0 aliphatic heterocycles. The van der Waals surface area contributed by atoms with Crippen LogP contribution in [0.15, 0.2) is 59.5 Å². The van der Waals surface area contributed by atoms with Gasteiger partial charge in [-0.2, -0.15) is 0 Å². The van der Waals surface area contributed by atoms with Crippen LogP contribution < -0.4 is 15.4 Å². The van der Waals surface area contributed by atoms with Crippen molar-refractivity contribution in [3.05, 3.63) is 60.2 Å². The van der Waals surface area contributed by atoms with E-state index in [0.29, 0.717) is 5.69 Å². The van der Waals surface area contributed by atoms with Crippen LogP contribution in [0.2, 0.25) is 0 Å². The fraction of sp³-hybridized carbons (Fsp3) is 0.278. The van der Waals surface area contributed by atoms with E-state index < -0.39 is 15.6 Å². The summed E-state index contributed by atoms with van der Waals surface area (Å²) in [5.74, 6) is -0.366. The van der Waals surface area contributed by atoms with Crippen LogP contribution in [0.4, 0.5) is 5.69 Å². The SMILES string of the molecule is CN(c1ccccc1)S(=O)(=O)c1cccc(C(=O)NC(C)(C)CN)c1. The number of benzene rings is 2. The second-order valence-electron chi connectivity index (χ2n) is 6.38. The maximum absolute atomic E-state index is 12.8. The number of sulfonamides is 1. The van der Waals surface area contributed by atoms with E-state index in [9.17, 15) is 13.2 Å². The molecule has 0 aliphatic carbocycles. The largest absolute Gasteiger partial charge is 0.346 e. The van der Waals surface area contributed by atoms with E-state index in [0.717, 1.165) is 0 Å². The first-order valence-corrected chi connectivity index (χ1v) is 9.28. The molecule has 2 rings (SSSR count). The molecule has 7 heteroatoms. The second-order valence-corrected chi connectivity index (χ2v) is 8.35. The lowest BCUT2D eigenvalue weighted by Crippen LogP contribution is -2.48. The number of rotatable bonds is 6. The van der Waals surface area contributed by atoms with Crippen LogP contribution in [0, 0.1) is 0 Å². The number of anilines is 1. The molecule has 0 heterocycles. The van der Waals surface area contributed by atoms with Crippen LogP contribution in [0.3, 0.4) is 0 Å². The minimum absolute atomic E-state index is 0.0528. The molecule has 0 saturated carbocycles. The Morgan fingerprint density at radius 3 is 2.36 bits per heavy atom. The highest BCUT2D eigenvalue weighted by molar-refractivity contribution is 7.92. The number of carbonyl (C=O) groups excluding carboxylic acids is 1. The third-order valence-electron chi connectivity index (χ3n) is 3.84. The maximum Gasteiger partial charge on any atom is 0.264 e. The van der Waals surface area contributed by atoms with Crippen molar-refractivity contribution in [2.45, 2.75) is 24.3 Å². The van der Waals surface area contributed by atoms with Gasteiger partial charge < -0.3 is 11.1 Å². The summed E-state index contributed by atoms with van der Waals surface area (Å²) >= 11 is 0. The van der Waals surface area contributed by atoms with E-state index in [1.54, 1.807) is 50.2 Å². The van der Waals surface area contributed by atoms with E-state index in [-0.39, 0.29) is 22.9 Å². The van der Waals surface area contributed by atoms with Gasteiger partial charge in [0.1, 0.15) is 0 Å². The molecule has 134 valence electrons. The lowest BCUT2D eigenvalue weighted by Gasteiger charge is -2.24. The first kappa shape index (κ1) is 19.0. The van der Waals surface area contributed by atoms with Gasteiger partial charge in [0, 0.05) is 24.7 Å². The lowest BCUT2D eigenvalue weighted by atomic mass is 10.1. The van der Waals surface area contributed by atoms with Gasteiger partial charge in [0.2, 0.25) is 0 Å². The van der Waals surface area contributed by atoms with Crippen LogP contribution in [0.5, 0.6) is 0 Å². The molecule has 0 bridgehead atoms. The fourth-order valence-corrected chi connectivity index (χ4v) is 3.41. The van der Waals surface area contributed by atoms with Crippen molar-refractivity contribution < 1.29 is 13.2 Å². The molecule has 25 heavy (non-hydrogen) atoms. The van der Waals surface area contributed by atoms with E-state index in [4.69, 9.17) is 5.73 Å². The number of nitrogens with zero attached hydrogens (tertiary/aromatic N) is 1. The van der Waals surface area contributed by atoms with Gasteiger partial charge in [0.05, 0.1) is 10.6 Å². The summed E-state index contributed by atoms with van der Waals surface area (Å²) in [5.41, 5.74) is 5.85. The molecule has 3 N–H and O–H groups in total. The lowest BCUT2D eigenvalue weighted by molar-refractivity contribution is 0.0915. The van der Waals surface area contributed by atoms with E-state index in [1.165, 1.54) is 23.5 Å². The summed E-state index contributed by atoms with van der Waals surface area (Å²) in [5, 5.41) is 2.79. The van der Waals surface area contributed by atoms with E-state index >= 15 is 0 Å². The molecule has 2 aromatic carbocycles. The van der Waals surface area contributed by atoms with Crippen molar-refractivity contribution in [1.29, 1.82) is 0 Å². The van der Waals surface area contributed by atoms with Gasteiger partial charge >= 0.3 is 0 Å². The van der Waals surface area contributed by atoms with Gasteiger partial charge in [-0.25, -0.2) is 8.42 Å².